The molecule has 0 saturated carbocycles. The lowest BCUT2D eigenvalue weighted by Gasteiger charge is -1.99. The van der Waals surface area contributed by atoms with Gasteiger partial charge in [-0.25, -0.2) is 0 Å². The standard InChI is InChI=1S/C6H13NO3S/c8-5-3-1-2-4-6(9)10-7-11/h7-8,11H,1-5H2. The highest BCUT2D eigenvalue weighted by Crippen LogP contribution is 1.99. The van der Waals surface area contributed by atoms with E-state index in [4.69, 9.17) is 5.11 Å². The molecule has 0 saturated heterocycles. The first-order valence-electron chi connectivity index (χ1n) is 3.51. The Morgan fingerprint density at radius 2 is 2.18 bits per heavy atom. The van der Waals surface area contributed by atoms with Crippen LogP contribution in [0.15, 0.2) is 0 Å². The normalized spacial score (nSPS) is 9.64. The minimum atomic E-state index is -0.321. The molecule has 0 atom stereocenters. The third-order valence-electron chi connectivity index (χ3n) is 1.20. The minimum absolute atomic E-state index is 0.180. The number of carbonyl (C=O) groups is 1. The number of thiol groups is 1. The topological polar surface area (TPSA) is 58.6 Å². The van der Waals surface area contributed by atoms with Crippen molar-refractivity contribution in [1.29, 1.82) is 0 Å². The monoisotopic (exact) mass is 179 g/mol. The predicted molar refractivity (Wildman–Crippen MR) is 43.8 cm³/mol. The van der Waals surface area contributed by atoms with Crippen LogP contribution in [0, 0.1) is 0 Å². The van der Waals surface area contributed by atoms with E-state index in [0.29, 0.717) is 6.42 Å². The van der Waals surface area contributed by atoms with Crippen molar-refractivity contribution >= 4 is 18.8 Å². The van der Waals surface area contributed by atoms with E-state index in [-0.39, 0.29) is 12.6 Å². The van der Waals surface area contributed by atoms with Gasteiger partial charge in [-0.15, -0.1) is 0 Å². The number of hydrogen-bond acceptors (Lipinski definition) is 5. The van der Waals surface area contributed by atoms with Crippen molar-refractivity contribution in [2.45, 2.75) is 25.7 Å². The average molecular weight is 179 g/mol. The Morgan fingerprint density at radius 1 is 1.45 bits per heavy atom. The molecule has 0 aromatic rings. The van der Waals surface area contributed by atoms with E-state index in [9.17, 15) is 4.79 Å². The highest BCUT2D eigenvalue weighted by molar-refractivity contribution is 7.77. The molecule has 5 heteroatoms. The number of aliphatic hydroxyl groups is 1. The summed E-state index contributed by atoms with van der Waals surface area (Å²) in [7, 11) is 0. The molecule has 0 spiro atoms. The van der Waals surface area contributed by atoms with E-state index < -0.39 is 0 Å². The Balaban J connectivity index is 3.04. The zero-order valence-corrected chi connectivity index (χ0v) is 7.14. The van der Waals surface area contributed by atoms with E-state index in [2.05, 4.69) is 17.7 Å². The molecule has 2 N–H and O–H groups in total. The van der Waals surface area contributed by atoms with Gasteiger partial charge in [0.05, 0.1) is 0 Å². The molecule has 11 heavy (non-hydrogen) atoms. The Bertz CT molecular complexity index is 110. The summed E-state index contributed by atoms with van der Waals surface area (Å²) in [5, 5.41) is 8.39. The van der Waals surface area contributed by atoms with Gasteiger partial charge in [0.25, 0.3) is 0 Å². The van der Waals surface area contributed by atoms with Crippen molar-refractivity contribution in [2.75, 3.05) is 6.61 Å². The minimum Gasteiger partial charge on any atom is -0.396 e. The van der Waals surface area contributed by atoms with Crippen LogP contribution in [0.2, 0.25) is 0 Å². The van der Waals surface area contributed by atoms with E-state index in [1.54, 1.807) is 0 Å². The van der Waals surface area contributed by atoms with Crippen LogP contribution >= 0.6 is 12.8 Å². The summed E-state index contributed by atoms with van der Waals surface area (Å²) in [5.41, 5.74) is 0. The van der Waals surface area contributed by atoms with Crippen LogP contribution in [-0.2, 0) is 9.63 Å². The maximum Gasteiger partial charge on any atom is 0.325 e. The molecule has 0 aliphatic carbocycles. The molecule has 0 heterocycles. The van der Waals surface area contributed by atoms with E-state index in [1.165, 1.54) is 0 Å². The van der Waals surface area contributed by atoms with E-state index in [1.807, 2.05) is 4.89 Å². The summed E-state index contributed by atoms with van der Waals surface area (Å²) in [6.45, 7) is 0.180. The molecule has 0 aromatic heterocycles. The largest absolute Gasteiger partial charge is 0.396 e. The fourth-order valence-electron chi connectivity index (χ4n) is 0.660. The van der Waals surface area contributed by atoms with Crippen LogP contribution < -0.4 is 4.89 Å². The van der Waals surface area contributed by atoms with E-state index in [0.717, 1.165) is 19.3 Å². The van der Waals surface area contributed by atoms with Crippen molar-refractivity contribution in [1.82, 2.24) is 4.89 Å². The van der Waals surface area contributed by atoms with Gasteiger partial charge < -0.3 is 9.94 Å². The zero-order valence-electron chi connectivity index (χ0n) is 6.25. The van der Waals surface area contributed by atoms with Gasteiger partial charge in [-0.05, 0) is 12.8 Å². The van der Waals surface area contributed by atoms with Crippen molar-refractivity contribution in [3.63, 3.8) is 0 Å². The first-order chi connectivity index (χ1) is 5.31. The van der Waals surface area contributed by atoms with Crippen molar-refractivity contribution in [3.05, 3.63) is 0 Å². The van der Waals surface area contributed by atoms with Crippen molar-refractivity contribution < 1.29 is 14.7 Å². The lowest BCUT2D eigenvalue weighted by molar-refractivity contribution is -0.146. The van der Waals surface area contributed by atoms with Crippen LogP contribution in [0.4, 0.5) is 0 Å². The molecule has 66 valence electrons. The molecule has 0 unspecified atom stereocenters. The third-order valence-corrected chi connectivity index (χ3v) is 1.29. The van der Waals surface area contributed by atoms with Gasteiger partial charge in [0.15, 0.2) is 0 Å². The van der Waals surface area contributed by atoms with E-state index >= 15 is 0 Å². The van der Waals surface area contributed by atoms with Crippen LogP contribution in [0.1, 0.15) is 25.7 Å². The van der Waals surface area contributed by atoms with Crippen molar-refractivity contribution in [2.24, 2.45) is 0 Å². The van der Waals surface area contributed by atoms with Crippen LogP contribution in [0.3, 0.4) is 0 Å². The fraction of sp³-hybridized carbons (Fsp3) is 0.833. The molecule has 0 radical (unpaired) electrons. The number of hydrogen-bond donors (Lipinski definition) is 3. The predicted octanol–water partition coefficient (Wildman–Crippen LogP) is 0.432. The number of nitrogens with one attached hydrogen (secondary N) is 1. The lowest BCUT2D eigenvalue weighted by atomic mass is 10.2. The second kappa shape index (κ2) is 7.84. The van der Waals surface area contributed by atoms with Gasteiger partial charge in [0.1, 0.15) is 0 Å². The molecular weight excluding hydrogens is 166 g/mol. The number of rotatable bonds is 6. The maximum absolute atomic E-state index is 10.6. The van der Waals surface area contributed by atoms with Gasteiger partial charge in [0.2, 0.25) is 0 Å². The summed E-state index contributed by atoms with van der Waals surface area (Å²) >= 11 is 3.49. The Kier molecular flexibility index (Phi) is 7.66. The molecule has 0 bridgehead atoms. The van der Waals surface area contributed by atoms with Crippen LogP contribution in [0.25, 0.3) is 0 Å². The first kappa shape index (κ1) is 10.7. The molecular formula is C6H13NO3S. The molecule has 0 aromatic carbocycles. The zero-order chi connectivity index (χ0) is 8.53. The molecule has 0 aliphatic heterocycles. The summed E-state index contributed by atoms with van der Waals surface area (Å²) in [5.74, 6) is -0.321. The number of carbonyl (C=O) groups excluding carboxylic acids is 1. The molecule has 4 nitrogen and oxygen atoms in total. The Hall–Kier alpha value is -0.260. The summed E-state index contributed by atoms with van der Waals surface area (Å²) in [4.78, 5) is 16.9. The highest BCUT2D eigenvalue weighted by atomic mass is 32.1. The first-order valence-corrected chi connectivity index (χ1v) is 3.95. The maximum atomic E-state index is 10.6. The highest BCUT2D eigenvalue weighted by Gasteiger charge is 2.00. The SMILES string of the molecule is O=C(CCCCCO)ONS. The Labute approximate surface area is 71.4 Å². The summed E-state index contributed by atoms with van der Waals surface area (Å²) in [6.07, 6.45) is 2.70. The second-order valence-electron chi connectivity index (χ2n) is 2.10. The van der Waals surface area contributed by atoms with Gasteiger partial charge in [-0.3, -0.25) is 4.79 Å². The number of unbranched alkanes of at least 4 members (excludes halogenated alkanes) is 2. The van der Waals surface area contributed by atoms with Gasteiger partial charge in [0, 0.05) is 13.0 Å². The average Bonchev–Trinajstić information content (AvgIpc) is 1.99. The smallest absolute Gasteiger partial charge is 0.325 e. The van der Waals surface area contributed by atoms with Crippen molar-refractivity contribution in [3.8, 4) is 0 Å². The van der Waals surface area contributed by atoms with Crippen LogP contribution in [-0.4, -0.2) is 17.7 Å². The molecule has 0 rings (SSSR count). The van der Waals surface area contributed by atoms with Gasteiger partial charge in [-0.2, -0.15) is 0 Å². The molecule has 0 fully saturated rings. The summed E-state index contributed by atoms with van der Waals surface area (Å²) < 4.78 is 0. The molecule has 0 amide bonds. The van der Waals surface area contributed by atoms with Crippen LogP contribution in [0.5, 0.6) is 0 Å². The summed E-state index contributed by atoms with van der Waals surface area (Å²) in [6, 6.07) is 0. The third kappa shape index (κ3) is 7.64. The van der Waals surface area contributed by atoms with Gasteiger partial charge in [-0.1, -0.05) is 24.1 Å². The van der Waals surface area contributed by atoms with Gasteiger partial charge >= 0.3 is 5.97 Å². The molecule has 0 aliphatic rings. The quantitative estimate of drug-likeness (QED) is 0.314. The lowest BCUT2D eigenvalue weighted by Crippen LogP contribution is -2.10. The Morgan fingerprint density at radius 3 is 2.73 bits per heavy atom. The fourth-order valence-corrected chi connectivity index (χ4v) is 0.762. The number of aliphatic hydroxyl groups excluding tert-OH is 1. The second-order valence-corrected chi connectivity index (χ2v) is 2.28.